The quantitative estimate of drug-likeness (QED) is 0.496. The molecule has 0 heterocycles. The van der Waals surface area contributed by atoms with Crippen LogP contribution < -0.4 is 0 Å². The molecule has 58 valence electrons. The van der Waals surface area contributed by atoms with Gasteiger partial charge >= 0.3 is 0 Å². The van der Waals surface area contributed by atoms with Gasteiger partial charge < -0.3 is 14.9 Å². The maximum atomic E-state index is 9.10. The Hall–Kier alpha value is -0.380. The van der Waals surface area contributed by atoms with Crippen molar-refractivity contribution in [3.63, 3.8) is 0 Å². The topological polar surface area (TPSA) is 49.7 Å². The predicted molar refractivity (Wildman–Crippen MR) is 36.6 cm³/mol. The molecule has 10 heavy (non-hydrogen) atoms. The van der Waals surface area contributed by atoms with Gasteiger partial charge in [0.2, 0.25) is 0 Å². The van der Waals surface area contributed by atoms with Gasteiger partial charge in [0, 0.05) is 13.5 Å². The number of aliphatic hydroxyl groups excluding tert-OH is 2. The summed E-state index contributed by atoms with van der Waals surface area (Å²) < 4.78 is 4.95. The lowest BCUT2D eigenvalue weighted by Gasteiger charge is -2.23. The van der Waals surface area contributed by atoms with E-state index in [0.717, 1.165) is 0 Å². The van der Waals surface area contributed by atoms with Crippen LogP contribution in [0.25, 0.3) is 0 Å². The molecule has 3 heteroatoms. The van der Waals surface area contributed by atoms with E-state index in [-0.39, 0.29) is 6.10 Å². The second kappa shape index (κ2) is 3.14. The molecule has 0 saturated carbocycles. The van der Waals surface area contributed by atoms with Crippen LogP contribution in [-0.4, -0.2) is 35.6 Å². The molecule has 0 aliphatic heterocycles. The Morgan fingerprint density at radius 1 is 1.40 bits per heavy atom. The average molecular weight is 144 g/mol. The highest BCUT2D eigenvalue weighted by Crippen LogP contribution is 2.13. The van der Waals surface area contributed by atoms with Crippen molar-refractivity contribution in [1.29, 1.82) is 0 Å². The number of hydrogen-bond acceptors (Lipinski definition) is 3. The Balaban J connectivity index is 2.51. The molecule has 0 saturated heterocycles. The van der Waals surface area contributed by atoms with Gasteiger partial charge in [0.05, 0.1) is 18.3 Å². The molecule has 0 aromatic heterocycles. The number of aliphatic hydroxyl groups is 2. The number of rotatable bonds is 1. The molecule has 0 radical (unpaired) electrons. The van der Waals surface area contributed by atoms with Gasteiger partial charge in [0.25, 0.3) is 0 Å². The van der Waals surface area contributed by atoms with Gasteiger partial charge in [0.15, 0.2) is 0 Å². The molecule has 1 aliphatic rings. The number of methoxy groups -OCH3 is 1. The lowest BCUT2D eigenvalue weighted by Crippen LogP contribution is -2.32. The molecular weight excluding hydrogens is 132 g/mol. The monoisotopic (exact) mass is 144 g/mol. The Bertz CT molecular complexity index is 133. The molecule has 0 unspecified atom stereocenters. The van der Waals surface area contributed by atoms with Crippen molar-refractivity contribution < 1.29 is 14.9 Å². The molecule has 0 fully saturated rings. The van der Waals surface area contributed by atoms with Crippen molar-refractivity contribution in [1.82, 2.24) is 0 Å². The Morgan fingerprint density at radius 3 is 2.60 bits per heavy atom. The summed E-state index contributed by atoms with van der Waals surface area (Å²) in [5.74, 6) is 0. The minimum Gasteiger partial charge on any atom is -0.390 e. The Kier molecular flexibility index (Phi) is 2.43. The minimum absolute atomic E-state index is 0.0431. The Labute approximate surface area is 59.9 Å². The van der Waals surface area contributed by atoms with E-state index >= 15 is 0 Å². The number of ether oxygens (including phenoxy) is 1. The molecule has 0 amide bonds. The van der Waals surface area contributed by atoms with Gasteiger partial charge in [0.1, 0.15) is 0 Å². The second-order valence-electron chi connectivity index (χ2n) is 2.45. The van der Waals surface area contributed by atoms with E-state index in [1.807, 2.05) is 0 Å². The van der Waals surface area contributed by atoms with E-state index < -0.39 is 12.2 Å². The average Bonchev–Trinajstić information content (AvgIpc) is 1.95. The van der Waals surface area contributed by atoms with Gasteiger partial charge in [-0.05, 0) is 0 Å². The fraction of sp³-hybridized carbons (Fsp3) is 0.714. The number of hydrogen-bond donors (Lipinski definition) is 2. The van der Waals surface area contributed by atoms with Gasteiger partial charge in [-0.25, -0.2) is 0 Å². The van der Waals surface area contributed by atoms with E-state index in [2.05, 4.69) is 0 Å². The lowest BCUT2D eigenvalue weighted by molar-refractivity contribution is -0.00122. The van der Waals surface area contributed by atoms with E-state index in [9.17, 15) is 0 Å². The summed E-state index contributed by atoms with van der Waals surface area (Å²) in [6.45, 7) is 0. The third-order valence-corrected chi connectivity index (χ3v) is 1.69. The standard InChI is InChI=1S/C7H12O3/c1-10-5-2-3-6(8)7(9)4-5/h2-3,5-9H,4H2,1H3/t5-,6-,7-/m1/s1. The van der Waals surface area contributed by atoms with Crippen LogP contribution in [0, 0.1) is 0 Å². The van der Waals surface area contributed by atoms with Crippen molar-refractivity contribution in [2.24, 2.45) is 0 Å². The first kappa shape index (κ1) is 7.72. The van der Waals surface area contributed by atoms with Crippen molar-refractivity contribution in [2.45, 2.75) is 24.7 Å². The molecule has 0 spiro atoms. The highest BCUT2D eigenvalue weighted by atomic mass is 16.5. The summed E-state index contributed by atoms with van der Waals surface area (Å²) in [4.78, 5) is 0. The van der Waals surface area contributed by atoms with Crippen molar-refractivity contribution >= 4 is 0 Å². The molecule has 3 atom stereocenters. The maximum Gasteiger partial charge on any atom is 0.0981 e. The molecule has 1 rings (SSSR count). The van der Waals surface area contributed by atoms with E-state index in [4.69, 9.17) is 14.9 Å². The first-order valence-electron chi connectivity index (χ1n) is 3.31. The summed E-state index contributed by atoms with van der Waals surface area (Å²) in [5.41, 5.74) is 0. The zero-order valence-electron chi connectivity index (χ0n) is 5.90. The molecule has 2 N–H and O–H groups in total. The molecule has 0 aromatic carbocycles. The molecular formula is C7H12O3. The fourth-order valence-corrected chi connectivity index (χ4v) is 0.997. The molecule has 0 bridgehead atoms. The van der Waals surface area contributed by atoms with E-state index in [1.54, 1.807) is 19.3 Å². The van der Waals surface area contributed by atoms with Crippen LogP contribution >= 0.6 is 0 Å². The van der Waals surface area contributed by atoms with Crippen LogP contribution in [-0.2, 0) is 4.74 Å². The van der Waals surface area contributed by atoms with Crippen LogP contribution in [0.2, 0.25) is 0 Å². The highest BCUT2D eigenvalue weighted by Gasteiger charge is 2.21. The third-order valence-electron chi connectivity index (χ3n) is 1.69. The van der Waals surface area contributed by atoms with E-state index in [1.165, 1.54) is 0 Å². The fourth-order valence-electron chi connectivity index (χ4n) is 0.997. The third kappa shape index (κ3) is 1.56. The molecule has 1 aliphatic carbocycles. The summed E-state index contributed by atoms with van der Waals surface area (Å²) in [5, 5.41) is 18.1. The van der Waals surface area contributed by atoms with Gasteiger partial charge in [-0.1, -0.05) is 12.2 Å². The normalized spacial score (nSPS) is 40.1. The summed E-state index contributed by atoms with van der Waals surface area (Å²) in [7, 11) is 1.58. The smallest absolute Gasteiger partial charge is 0.0981 e. The maximum absolute atomic E-state index is 9.10. The zero-order chi connectivity index (χ0) is 7.56. The van der Waals surface area contributed by atoms with Crippen LogP contribution in [0.3, 0.4) is 0 Å². The van der Waals surface area contributed by atoms with Gasteiger partial charge in [-0.15, -0.1) is 0 Å². The highest BCUT2D eigenvalue weighted by molar-refractivity contribution is 5.03. The van der Waals surface area contributed by atoms with Gasteiger partial charge in [-0.3, -0.25) is 0 Å². The van der Waals surface area contributed by atoms with E-state index in [0.29, 0.717) is 6.42 Å². The van der Waals surface area contributed by atoms with Crippen molar-refractivity contribution in [3.8, 4) is 0 Å². The predicted octanol–water partition coefficient (Wildman–Crippen LogP) is -0.317. The summed E-state index contributed by atoms with van der Waals surface area (Å²) in [6, 6.07) is 0. The van der Waals surface area contributed by atoms with Crippen molar-refractivity contribution in [3.05, 3.63) is 12.2 Å². The van der Waals surface area contributed by atoms with Crippen LogP contribution in [0.4, 0.5) is 0 Å². The first-order chi connectivity index (χ1) is 4.74. The lowest BCUT2D eigenvalue weighted by atomic mass is 10.00. The van der Waals surface area contributed by atoms with Crippen molar-refractivity contribution in [2.75, 3.05) is 7.11 Å². The van der Waals surface area contributed by atoms with Crippen LogP contribution in [0.5, 0.6) is 0 Å². The Morgan fingerprint density at radius 2 is 2.10 bits per heavy atom. The summed E-state index contributed by atoms with van der Waals surface area (Å²) >= 11 is 0. The van der Waals surface area contributed by atoms with Crippen LogP contribution in [0.1, 0.15) is 6.42 Å². The SMILES string of the molecule is CO[C@@H]1C=C[C@@H](O)[C@H](O)C1. The zero-order valence-corrected chi connectivity index (χ0v) is 5.90. The van der Waals surface area contributed by atoms with Crippen LogP contribution in [0.15, 0.2) is 12.2 Å². The largest absolute Gasteiger partial charge is 0.390 e. The first-order valence-corrected chi connectivity index (χ1v) is 3.31. The molecule has 3 nitrogen and oxygen atoms in total. The second-order valence-corrected chi connectivity index (χ2v) is 2.45. The van der Waals surface area contributed by atoms with Gasteiger partial charge in [-0.2, -0.15) is 0 Å². The molecule has 0 aromatic rings. The summed E-state index contributed by atoms with van der Waals surface area (Å²) in [6.07, 6.45) is 2.37. The minimum atomic E-state index is -0.716.